The van der Waals surface area contributed by atoms with Crippen LogP contribution in [-0.2, 0) is 6.61 Å². The third-order valence-corrected chi connectivity index (χ3v) is 3.26. The Morgan fingerprint density at radius 1 is 1.30 bits per heavy atom. The van der Waals surface area contributed by atoms with Crippen molar-refractivity contribution in [1.29, 1.82) is 0 Å². The SMILES string of the molecule is NNC(=O)c1cccc(COc2ccc(Br)c(F)c2)c1. The molecule has 2 rings (SSSR count). The van der Waals surface area contributed by atoms with Gasteiger partial charge in [-0.15, -0.1) is 0 Å². The number of nitrogens with one attached hydrogen (secondary N) is 1. The van der Waals surface area contributed by atoms with Gasteiger partial charge < -0.3 is 4.74 Å². The van der Waals surface area contributed by atoms with Crippen molar-refractivity contribution in [3.63, 3.8) is 0 Å². The molecule has 0 aromatic heterocycles. The molecule has 2 aromatic rings. The van der Waals surface area contributed by atoms with Crippen LogP contribution in [0, 0.1) is 5.82 Å². The van der Waals surface area contributed by atoms with Gasteiger partial charge in [-0.1, -0.05) is 12.1 Å². The maximum absolute atomic E-state index is 13.3. The monoisotopic (exact) mass is 338 g/mol. The Hall–Kier alpha value is -1.92. The maximum Gasteiger partial charge on any atom is 0.265 e. The molecule has 0 radical (unpaired) electrons. The van der Waals surface area contributed by atoms with Crippen molar-refractivity contribution >= 4 is 21.8 Å². The molecule has 0 heterocycles. The van der Waals surface area contributed by atoms with Gasteiger partial charge in [-0.05, 0) is 45.8 Å². The number of halogens is 2. The van der Waals surface area contributed by atoms with E-state index in [1.54, 1.807) is 30.3 Å². The summed E-state index contributed by atoms with van der Waals surface area (Å²) >= 11 is 3.07. The predicted molar refractivity (Wildman–Crippen MR) is 76.5 cm³/mol. The number of carbonyl (C=O) groups excluding carboxylic acids is 1. The second kappa shape index (κ2) is 6.49. The number of carbonyl (C=O) groups is 1. The zero-order valence-corrected chi connectivity index (χ0v) is 12.0. The number of hydrogen-bond donors (Lipinski definition) is 2. The first kappa shape index (κ1) is 14.5. The van der Waals surface area contributed by atoms with Crippen molar-refractivity contribution < 1.29 is 13.9 Å². The van der Waals surface area contributed by atoms with Gasteiger partial charge in [-0.2, -0.15) is 0 Å². The van der Waals surface area contributed by atoms with Gasteiger partial charge in [0.2, 0.25) is 0 Å². The summed E-state index contributed by atoms with van der Waals surface area (Å²) in [6, 6.07) is 11.4. The van der Waals surface area contributed by atoms with Crippen LogP contribution in [0.3, 0.4) is 0 Å². The fourth-order valence-electron chi connectivity index (χ4n) is 1.62. The highest BCUT2D eigenvalue weighted by atomic mass is 79.9. The second-order valence-corrected chi connectivity index (χ2v) is 4.89. The Balaban J connectivity index is 2.07. The molecular weight excluding hydrogens is 327 g/mol. The molecule has 3 N–H and O–H groups in total. The smallest absolute Gasteiger partial charge is 0.265 e. The van der Waals surface area contributed by atoms with E-state index >= 15 is 0 Å². The molecule has 0 atom stereocenters. The lowest BCUT2D eigenvalue weighted by atomic mass is 10.1. The predicted octanol–water partition coefficient (Wildman–Crippen LogP) is 2.77. The van der Waals surface area contributed by atoms with Crippen LogP contribution in [0.5, 0.6) is 5.75 Å². The molecule has 0 aliphatic rings. The Morgan fingerprint density at radius 2 is 2.10 bits per heavy atom. The van der Waals surface area contributed by atoms with Gasteiger partial charge in [-0.3, -0.25) is 10.2 Å². The highest BCUT2D eigenvalue weighted by Gasteiger charge is 2.05. The molecule has 0 aliphatic carbocycles. The zero-order chi connectivity index (χ0) is 14.5. The second-order valence-electron chi connectivity index (χ2n) is 4.04. The van der Waals surface area contributed by atoms with Crippen LogP contribution in [0.2, 0.25) is 0 Å². The van der Waals surface area contributed by atoms with Crippen LogP contribution in [0.4, 0.5) is 4.39 Å². The molecule has 0 fully saturated rings. The number of hydrazine groups is 1. The summed E-state index contributed by atoms with van der Waals surface area (Å²) in [7, 11) is 0. The van der Waals surface area contributed by atoms with E-state index < -0.39 is 5.82 Å². The van der Waals surface area contributed by atoms with Crippen molar-refractivity contribution in [2.24, 2.45) is 5.84 Å². The molecule has 0 bridgehead atoms. The Kier molecular flexibility index (Phi) is 4.70. The third kappa shape index (κ3) is 3.55. The molecule has 0 aliphatic heterocycles. The summed E-state index contributed by atoms with van der Waals surface area (Å²) in [5.74, 6) is 4.73. The zero-order valence-electron chi connectivity index (χ0n) is 10.4. The van der Waals surface area contributed by atoms with E-state index in [1.165, 1.54) is 6.07 Å². The summed E-state index contributed by atoms with van der Waals surface area (Å²) in [4.78, 5) is 11.4. The van der Waals surface area contributed by atoms with Crippen LogP contribution in [-0.4, -0.2) is 5.91 Å². The van der Waals surface area contributed by atoms with Crippen LogP contribution in [0.1, 0.15) is 15.9 Å². The van der Waals surface area contributed by atoms with Crippen LogP contribution >= 0.6 is 15.9 Å². The summed E-state index contributed by atoms with van der Waals surface area (Å²) < 4.78 is 19.2. The van der Waals surface area contributed by atoms with E-state index in [0.29, 0.717) is 15.8 Å². The molecule has 0 spiro atoms. The highest BCUT2D eigenvalue weighted by Crippen LogP contribution is 2.21. The van der Waals surface area contributed by atoms with Crippen LogP contribution in [0.15, 0.2) is 46.9 Å². The summed E-state index contributed by atoms with van der Waals surface area (Å²) in [6.45, 7) is 0.229. The molecule has 4 nitrogen and oxygen atoms in total. The van der Waals surface area contributed by atoms with E-state index in [0.717, 1.165) is 5.56 Å². The standard InChI is InChI=1S/C14H12BrFN2O2/c15-12-5-4-11(7-13(12)16)20-8-9-2-1-3-10(6-9)14(19)18-17/h1-7H,8,17H2,(H,18,19). The number of nitrogens with two attached hydrogens (primary N) is 1. The number of ether oxygens (including phenoxy) is 1. The van der Waals surface area contributed by atoms with Gasteiger partial charge in [0.15, 0.2) is 0 Å². The third-order valence-electron chi connectivity index (χ3n) is 2.62. The molecule has 0 unspecified atom stereocenters. The minimum absolute atomic E-state index is 0.229. The Bertz CT molecular complexity index is 634. The number of rotatable bonds is 4. The lowest BCUT2D eigenvalue weighted by Gasteiger charge is -2.08. The first-order valence-electron chi connectivity index (χ1n) is 5.78. The fourth-order valence-corrected chi connectivity index (χ4v) is 1.87. The van der Waals surface area contributed by atoms with E-state index in [2.05, 4.69) is 21.4 Å². The Morgan fingerprint density at radius 3 is 2.80 bits per heavy atom. The number of nitrogen functional groups attached to an aromatic ring is 1. The molecule has 20 heavy (non-hydrogen) atoms. The average molecular weight is 339 g/mol. The molecule has 0 saturated carbocycles. The van der Waals surface area contributed by atoms with Gasteiger partial charge in [0.1, 0.15) is 18.2 Å². The average Bonchev–Trinajstić information content (AvgIpc) is 2.48. The molecule has 104 valence electrons. The van der Waals surface area contributed by atoms with E-state index in [1.807, 2.05) is 6.07 Å². The summed E-state index contributed by atoms with van der Waals surface area (Å²) in [5, 5.41) is 0. The van der Waals surface area contributed by atoms with Crippen molar-refractivity contribution in [2.45, 2.75) is 6.61 Å². The van der Waals surface area contributed by atoms with Gasteiger partial charge in [0, 0.05) is 11.6 Å². The largest absolute Gasteiger partial charge is 0.489 e. The number of hydrogen-bond acceptors (Lipinski definition) is 3. The molecule has 6 heteroatoms. The maximum atomic E-state index is 13.3. The van der Waals surface area contributed by atoms with Crippen molar-refractivity contribution in [1.82, 2.24) is 5.43 Å². The molecular formula is C14H12BrFN2O2. The van der Waals surface area contributed by atoms with Crippen LogP contribution in [0.25, 0.3) is 0 Å². The normalized spacial score (nSPS) is 10.2. The fraction of sp³-hybridized carbons (Fsp3) is 0.0714. The molecule has 0 saturated heterocycles. The Labute approximate surface area is 123 Å². The topological polar surface area (TPSA) is 64.3 Å². The highest BCUT2D eigenvalue weighted by molar-refractivity contribution is 9.10. The van der Waals surface area contributed by atoms with E-state index in [9.17, 15) is 9.18 Å². The first-order valence-corrected chi connectivity index (χ1v) is 6.57. The molecule has 1 amide bonds. The number of benzene rings is 2. The van der Waals surface area contributed by atoms with Gasteiger partial charge >= 0.3 is 0 Å². The summed E-state index contributed by atoms with van der Waals surface area (Å²) in [5.41, 5.74) is 3.29. The molecule has 2 aromatic carbocycles. The first-order chi connectivity index (χ1) is 9.60. The van der Waals surface area contributed by atoms with E-state index in [-0.39, 0.29) is 12.5 Å². The van der Waals surface area contributed by atoms with Crippen molar-refractivity contribution in [3.05, 3.63) is 63.9 Å². The van der Waals surface area contributed by atoms with Crippen molar-refractivity contribution in [3.8, 4) is 5.75 Å². The lowest BCUT2D eigenvalue weighted by molar-refractivity contribution is 0.0953. The lowest BCUT2D eigenvalue weighted by Crippen LogP contribution is -2.30. The number of amides is 1. The minimum atomic E-state index is -0.390. The summed E-state index contributed by atoms with van der Waals surface area (Å²) in [6.07, 6.45) is 0. The van der Waals surface area contributed by atoms with Crippen LogP contribution < -0.4 is 16.0 Å². The quantitative estimate of drug-likeness (QED) is 0.511. The van der Waals surface area contributed by atoms with Gasteiger partial charge in [-0.25, -0.2) is 10.2 Å². The van der Waals surface area contributed by atoms with Gasteiger partial charge in [0.25, 0.3) is 5.91 Å². The van der Waals surface area contributed by atoms with Crippen molar-refractivity contribution in [2.75, 3.05) is 0 Å². The minimum Gasteiger partial charge on any atom is -0.489 e. The van der Waals surface area contributed by atoms with Gasteiger partial charge in [0.05, 0.1) is 4.47 Å². The van der Waals surface area contributed by atoms with E-state index in [4.69, 9.17) is 10.6 Å².